The fraction of sp³-hybridized carbons (Fsp3) is 0.318. The first kappa shape index (κ1) is 19.5. The van der Waals surface area contributed by atoms with Crippen LogP contribution in [0.4, 0.5) is 0 Å². The van der Waals surface area contributed by atoms with Crippen molar-refractivity contribution in [1.82, 2.24) is 19.7 Å². The number of rotatable bonds is 6. The summed E-state index contributed by atoms with van der Waals surface area (Å²) < 4.78 is 1.60. The molecule has 1 saturated heterocycles. The van der Waals surface area contributed by atoms with Gasteiger partial charge in [-0.3, -0.25) is 9.36 Å². The minimum absolute atomic E-state index is 0.0858. The third kappa shape index (κ3) is 4.62. The fourth-order valence-electron chi connectivity index (χ4n) is 3.57. The first-order chi connectivity index (χ1) is 14.2. The third-order valence-corrected chi connectivity index (χ3v) is 6.36. The lowest BCUT2D eigenvalue weighted by Gasteiger charge is -2.30. The number of hydrogen-bond donors (Lipinski definition) is 1. The number of aromatic amines is 1. The smallest absolute Gasteiger partial charge is 0.341 e. The second kappa shape index (κ2) is 9.13. The van der Waals surface area contributed by atoms with Crippen LogP contribution in [0.15, 0.2) is 70.6 Å². The zero-order valence-electron chi connectivity index (χ0n) is 16.2. The Morgan fingerprint density at radius 1 is 1.00 bits per heavy atom. The van der Waals surface area contributed by atoms with E-state index in [0.717, 1.165) is 37.1 Å². The van der Waals surface area contributed by atoms with E-state index in [1.165, 1.54) is 18.2 Å². The van der Waals surface area contributed by atoms with E-state index in [4.69, 9.17) is 0 Å². The Bertz CT molecular complexity index is 994. The molecule has 1 aromatic heterocycles. The highest BCUT2D eigenvalue weighted by atomic mass is 32.2. The number of aromatic nitrogens is 3. The van der Waals surface area contributed by atoms with E-state index in [0.29, 0.717) is 11.7 Å². The van der Waals surface area contributed by atoms with Crippen molar-refractivity contribution in [2.45, 2.75) is 36.2 Å². The second-order valence-corrected chi connectivity index (χ2v) is 8.25. The van der Waals surface area contributed by atoms with Gasteiger partial charge in [0, 0.05) is 13.1 Å². The summed E-state index contributed by atoms with van der Waals surface area (Å²) in [4.78, 5) is 27.7. The van der Waals surface area contributed by atoms with Crippen LogP contribution in [0.1, 0.15) is 35.6 Å². The average molecular weight is 409 g/mol. The van der Waals surface area contributed by atoms with Crippen molar-refractivity contribution < 1.29 is 4.79 Å². The Morgan fingerprint density at radius 3 is 2.34 bits per heavy atom. The van der Waals surface area contributed by atoms with Crippen molar-refractivity contribution in [3.05, 3.63) is 82.3 Å². The molecule has 1 N–H and O–H groups in total. The largest absolute Gasteiger partial charge is 0.344 e. The summed E-state index contributed by atoms with van der Waals surface area (Å²) in [5.74, 6) is 0.0858. The molecule has 6 nitrogen and oxygen atoms in total. The molecule has 1 atom stereocenters. The molecule has 1 aliphatic rings. The first-order valence-corrected chi connectivity index (χ1v) is 10.8. The first-order valence-electron chi connectivity index (χ1n) is 9.92. The number of piperidine rings is 1. The predicted molar refractivity (Wildman–Crippen MR) is 114 cm³/mol. The molecule has 29 heavy (non-hydrogen) atoms. The normalized spacial score (nSPS) is 15.2. The highest BCUT2D eigenvalue weighted by Gasteiger charge is 2.29. The van der Waals surface area contributed by atoms with Crippen molar-refractivity contribution in [3.8, 4) is 0 Å². The average Bonchev–Trinajstić information content (AvgIpc) is 3.12. The summed E-state index contributed by atoms with van der Waals surface area (Å²) in [5.41, 5.74) is 1.67. The molecule has 0 radical (unpaired) electrons. The standard InChI is InChI=1S/C22H24N4O2S/c27-20(25-14-8-3-9-15-25)19(18-12-6-2-7-13-18)29-22-24-23-21(28)26(22)16-17-10-4-1-5-11-17/h1-2,4-7,10-13,19H,3,8-9,14-16H2,(H,23,28). The van der Waals surface area contributed by atoms with E-state index < -0.39 is 5.25 Å². The van der Waals surface area contributed by atoms with Gasteiger partial charge in [0.25, 0.3) is 0 Å². The van der Waals surface area contributed by atoms with Gasteiger partial charge in [-0.25, -0.2) is 9.89 Å². The molecule has 1 aliphatic heterocycles. The lowest BCUT2D eigenvalue weighted by Crippen LogP contribution is -2.38. The molecular weight excluding hydrogens is 384 g/mol. The highest BCUT2D eigenvalue weighted by Crippen LogP contribution is 2.36. The van der Waals surface area contributed by atoms with Crippen LogP contribution in [0.3, 0.4) is 0 Å². The molecular formula is C22H24N4O2S. The number of H-pyrrole nitrogens is 1. The van der Waals surface area contributed by atoms with E-state index in [2.05, 4.69) is 10.2 Å². The molecule has 150 valence electrons. The van der Waals surface area contributed by atoms with Gasteiger partial charge in [0.1, 0.15) is 5.25 Å². The lowest BCUT2D eigenvalue weighted by atomic mass is 10.1. The maximum atomic E-state index is 13.4. The van der Waals surface area contributed by atoms with E-state index in [1.807, 2.05) is 65.6 Å². The number of amides is 1. The third-order valence-electron chi connectivity index (χ3n) is 5.12. The number of thioether (sulfide) groups is 1. The monoisotopic (exact) mass is 408 g/mol. The fourth-order valence-corrected chi connectivity index (χ4v) is 4.70. The van der Waals surface area contributed by atoms with Crippen LogP contribution in [0, 0.1) is 0 Å². The molecule has 2 aromatic carbocycles. The molecule has 0 aliphatic carbocycles. The summed E-state index contributed by atoms with van der Waals surface area (Å²) in [7, 11) is 0. The van der Waals surface area contributed by atoms with Crippen LogP contribution in [0.25, 0.3) is 0 Å². The molecule has 3 aromatic rings. The van der Waals surface area contributed by atoms with Crippen molar-refractivity contribution in [2.24, 2.45) is 0 Å². The van der Waals surface area contributed by atoms with Gasteiger partial charge in [-0.1, -0.05) is 72.4 Å². The number of carbonyl (C=O) groups is 1. The molecule has 1 unspecified atom stereocenters. The Hall–Kier alpha value is -2.80. The molecule has 0 spiro atoms. The van der Waals surface area contributed by atoms with Crippen LogP contribution in [-0.4, -0.2) is 38.7 Å². The molecule has 4 rings (SSSR count). The number of nitrogens with one attached hydrogen (secondary N) is 1. The van der Waals surface area contributed by atoms with E-state index in [9.17, 15) is 9.59 Å². The van der Waals surface area contributed by atoms with Gasteiger partial charge in [-0.2, -0.15) is 0 Å². The quantitative estimate of drug-likeness (QED) is 0.634. The number of benzene rings is 2. The van der Waals surface area contributed by atoms with Crippen molar-refractivity contribution in [1.29, 1.82) is 0 Å². The Balaban J connectivity index is 1.63. The van der Waals surface area contributed by atoms with Crippen LogP contribution in [-0.2, 0) is 11.3 Å². The van der Waals surface area contributed by atoms with Gasteiger partial charge in [0.2, 0.25) is 5.91 Å². The van der Waals surface area contributed by atoms with Gasteiger partial charge >= 0.3 is 5.69 Å². The van der Waals surface area contributed by atoms with Crippen molar-refractivity contribution >= 4 is 17.7 Å². The van der Waals surface area contributed by atoms with Gasteiger partial charge in [-0.15, -0.1) is 5.10 Å². The lowest BCUT2D eigenvalue weighted by molar-refractivity contribution is -0.131. The summed E-state index contributed by atoms with van der Waals surface area (Å²) in [5, 5.41) is 6.86. The SMILES string of the molecule is O=C(C(Sc1n[nH]c(=O)n1Cc1ccccc1)c1ccccc1)N1CCCCC1. The van der Waals surface area contributed by atoms with Gasteiger partial charge in [0.05, 0.1) is 6.54 Å². The molecule has 7 heteroatoms. The number of carbonyl (C=O) groups excluding carboxylic acids is 1. The molecule has 2 heterocycles. The Labute approximate surface area is 173 Å². The number of hydrogen-bond acceptors (Lipinski definition) is 4. The minimum Gasteiger partial charge on any atom is -0.341 e. The van der Waals surface area contributed by atoms with Gasteiger partial charge < -0.3 is 4.90 Å². The molecule has 1 fully saturated rings. The van der Waals surface area contributed by atoms with Crippen LogP contribution in [0.2, 0.25) is 0 Å². The van der Waals surface area contributed by atoms with Crippen LogP contribution in [0.5, 0.6) is 0 Å². The van der Waals surface area contributed by atoms with Crippen LogP contribution < -0.4 is 5.69 Å². The van der Waals surface area contributed by atoms with Gasteiger partial charge in [-0.05, 0) is 30.4 Å². The molecule has 0 saturated carbocycles. The zero-order valence-corrected chi connectivity index (χ0v) is 17.0. The summed E-state index contributed by atoms with van der Waals surface area (Å²) in [6.07, 6.45) is 3.25. The van der Waals surface area contributed by atoms with Crippen molar-refractivity contribution in [2.75, 3.05) is 13.1 Å². The maximum absolute atomic E-state index is 13.4. The minimum atomic E-state index is -0.431. The number of likely N-dealkylation sites (tertiary alicyclic amines) is 1. The Kier molecular flexibility index (Phi) is 6.14. The van der Waals surface area contributed by atoms with Gasteiger partial charge in [0.15, 0.2) is 5.16 Å². The molecule has 0 bridgehead atoms. The summed E-state index contributed by atoms with van der Waals surface area (Å²) >= 11 is 1.34. The number of nitrogens with zero attached hydrogens (tertiary/aromatic N) is 3. The van der Waals surface area contributed by atoms with E-state index in [-0.39, 0.29) is 11.6 Å². The van der Waals surface area contributed by atoms with Crippen LogP contribution >= 0.6 is 11.8 Å². The summed E-state index contributed by atoms with van der Waals surface area (Å²) in [6.45, 7) is 2.00. The highest BCUT2D eigenvalue weighted by molar-refractivity contribution is 8.00. The topological polar surface area (TPSA) is 71.0 Å². The predicted octanol–water partition coefficient (Wildman–Crippen LogP) is 3.47. The zero-order chi connectivity index (χ0) is 20.1. The summed E-state index contributed by atoms with van der Waals surface area (Å²) in [6, 6.07) is 19.5. The molecule has 1 amide bonds. The maximum Gasteiger partial charge on any atom is 0.344 e. The van der Waals surface area contributed by atoms with Crippen molar-refractivity contribution in [3.63, 3.8) is 0 Å². The Morgan fingerprint density at radius 2 is 1.66 bits per heavy atom. The van der Waals surface area contributed by atoms with E-state index >= 15 is 0 Å². The van der Waals surface area contributed by atoms with E-state index in [1.54, 1.807) is 4.57 Å². The second-order valence-electron chi connectivity index (χ2n) is 7.18.